The molecule has 1 N–H and O–H groups in total. The van der Waals surface area contributed by atoms with Gasteiger partial charge in [0.05, 0.1) is 7.11 Å². The molecule has 0 aromatic carbocycles. The zero-order valence-corrected chi connectivity index (χ0v) is 8.70. The Balaban J connectivity index is 2.27. The summed E-state index contributed by atoms with van der Waals surface area (Å²) < 4.78 is 9.53. The number of carbonyl (C=O) groups excluding carboxylic acids is 2. The van der Waals surface area contributed by atoms with Gasteiger partial charge >= 0.3 is 11.9 Å². The van der Waals surface area contributed by atoms with Crippen molar-refractivity contribution in [3.8, 4) is 0 Å². The number of esters is 1. The van der Waals surface area contributed by atoms with Crippen molar-refractivity contribution >= 4 is 11.9 Å². The number of hydrogen-bond acceptors (Lipinski definition) is 4. The lowest BCUT2D eigenvalue weighted by molar-refractivity contribution is -0.152. The van der Waals surface area contributed by atoms with Crippen molar-refractivity contribution in [1.82, 2.24) is 5.32 Å². The molecule has 82 valence electrons. The van der Waals surface area contributed by atoms with Crippen LogP contribution in [-0.2, 0) is 20.7 Å². The van der Waals surface area contributed by atoms with Crippen molar-refractivity contribution in [2.45, 2.75) is 13.3 Å². The van der Waals surface area contributed by atoms with E-state index in [9.17, 15) is 9.59 Å². The molecule has 0 radical (unpaired) electrons. The second-order valence-electron chi connectivity index (χ2n) is 3.01. The van der Waals surface area contributed by atoms with E-state index in [2.05, 4.69) is 10.1 Å². The van der Waals surface area contributed by atoms with E-state index in [1.165, 1.54) is 0 Å². The van der Waals surface area contributed by atoms with Gasteiger partial charge in [-0.15, -0.1) is 0 Å². The Morgan fingerprint density at radius 1 is 1.47 bits per heavy atom. The Bertz CT molecular complexity index is 356. The number of nitrogens with one attached hydrogen (secondary N) is 1. The van der Waals surface area contributed by atoms with E-state index in [1.807, 2.05) is 19.1 Å². The van der Waals surface area contributed by atoms with Crippen LogP contribution < -0.4 is 5.32 Å². The van der Waals surface area contributed by atoms with Crippen molar-refractivity contribution in [3.63, 3.8) is 0 Å². The largest absolute Gasteiger partial charge is 0.466 e. The van der Waals surface area contributed by atoms with Crippen molar-refractivity contribution in [2.24, 2.45) is 0 Å². The lowest BCUT2D eigenvalue weighted by Gasteiger charge is -2.01. The second kappa shape index (κ2) is 5.19. The Morgan fingerprint density at radius 3 is 2.73 bits per heavy atom. The number of hydrogen-bond donors (Lipinski definition) is 1. The second-order valence-corrected chi connectivity index (χ2v) is 3.01. The topological polar surface area (TPSA) is 68.5 Å². The Hall–Kier alpha value is -1.78. The third-order valence-electron chi connectivity index (χ3n) is 1.82. The third-order valence-corrected chi connectivity index (χ3v) is 1.82. The Morgan fingerprint density at radius 2 is 2.20 bits per heavy atom. The molecule has 5 nitrogen and oxygen atoms in total. The molecule has 0 aliphatic heterocycles. The summed E-state index contributed by atoms with van der Waals surface area (Å²) in [4.78, 5) is 21.7. The van der Waals surface area contributed by atoms with Crippen molar-refractivity contribution in [2.75, 3.05) is 13.7 Å². The molecule has 0 fully saturated rings. The van der Waals surface area contributed by atoms with Gasteiger partial charge in [0.1, 0.15) is 11.5 Å². The van der Waals surface area contributed by atoms with Crippen molar-refractivity contribution in [1.29, 1.82) is 0 Å². The molecule has 0 atom stereocenters. The monoisotopic (exact) mass is 211 g/mol. The molecule has 1 amide bonds. The third kappa shape index (κ3) is 3.46. The minimum atomic E-state index is -0.884. The van der Waals surface area contributed by atoms with Crippen LogP contribution in [0.3, 0.4) is 0 Å². The van der Waals surface area contributed by atoms with E-state index in [-0.39, 0.29) is 0 Å². The van der Waals surface area contributed by atoms with E-state index in [4.69, 9.17) is 4.42 Å². The van der Waals surface area contributed by atoms with Crippen molar-refractivity contribution < 1.29 is 18.7 Å². The van der Waals surface area contributed by atoms with Gasteiger partial charge in [-0.25, -0.2) is 4.79 Å². The summed E-state index contributed by atoms with van der Waals surface area (Å²) in [7, 11) is 1.16. The summed E-state index contributed by atoms with van der Waals surface area (Å²) in [6.45, 7) is 2.19. The zero-order chi connectivity index (χ0) is 11.3. The molecule has 0 unspecified atom stereocenters. The summed E-state index contributed by atoms with van der Waals surface area (Å²) in [5.41, 5.74) is 0. The minimum absolute atomic E-state index is 0.348. The summed E-state index contributed by atoms with van der Waals surface area (Å²) in [6, 6.07) is 3.68. The van der Waals surface area contributed by atoms with Crippen LogP contribution in [0, 0.1) is 6.92 Å². The smallest absolute Gasteiger partial charge is 0.396 e. The van der Waals surface area contributed by atoms with E-state index in [0.717, 1.165) is 18.6 Å². The van der Waals surface area contributed by atoms with Crippen LogP contribution in [0.25, 0.3) is 0 Å². The number of furan rings is 1. The zero-order valence-electron chi connectivity index (χ0n) is 8.70. The molecule has 1 aromatic rings. The van der Waals surface area contributed by atoms with Gasteiger partial charge in [0, 0.05) is 13.0 Å². The molecule has 0 spiro atoms. The maximum atomic E-state index is 11.0. The molecule has 1 rings (SSSR count). The molecule has 0 saturated heterocycles. The van der Waals surface area contributed by atoms with Crippen LogP contribution in [0.1, 0.15) is 11.5 Å². The molecule has 1 aromatic heterocycles. The van der Waals surface area contributed by atoms with Gasteiger partial charge < -0.3 is 14.5 Å². The Kier molecular flexibility index (Phi) is 3.91. The van der Waals surface area contributed by atoms with Crippen LogP contribution in [0.15, 0.2) is 16.5 Å². The first-order valence-corrected chi connectivity index (χ1v) is 4.55. The summed E-state index contributed by atoms with van der Waals surface area (Å²) in [5, 5.41) is 2.42. The number of amides is 1. The van der Waals surface area contributed by atoms with E-state index < -0.39 is 11.9 Å². The van der Waals surface area contributed by atoms with Gasteiger partial charge in [0.2, 0.25) is 0 Å². The lowest BCUT2D eigenvalue weighted by Crippen LogP contribution is -2.33. The predicted octanol–water partition coefficient (Wildman–Crippen LogP) is 0.420. The minimum Gasteiger partial charge on any atom is -0.466 e. The lowest BCUT2D eigenvalue weighted by atomic mass is 10.3. The average Bonchev–Trinajstić information content (AvgIpc) is 2.63. The van der Waals surface area contributed by atoms with Crippen LogP contribution in [0.4, 0.5) is 0 Å². The van der Waals surface area contributed by atoms with Crippen LogP contribution in [0.2, 0.25) is 0 Å². The quantitative estimate of drug-likeness (QED) is 0.581. The normalized spacial score (nSPS) is 9.73. The molecular formula is C10H13NO4. The highest BCUT2D eigenvalue weighted by Crippen LogP contribution is 2.05. The summed E-state index contributed by atoms with van der Waals surface area (Å²) in [6.07, 6.45) is 0.552. The fraction of sp³-hybridized carbons (Fsp3) is 0.400. The number of carbonyl (C=O) groups is 2. The molecule has 1 heterocycles. The number of aryl methyl sites for hydroxylation is 1. The standard InChI is InChI=1S/C10H13NO4/c1-7-3-4-8(15-7)5-6-11-9(12)10(13)14-2/h3-4H,5-6H2,1-2H3,(H,11,12). The maximum Gasteiger partial charge on any atom is 0.396 e. The van der Waals surface area contributed by atoms with Gasteiger partial charge in [-0.05, 0) is 19.1 Å². The summed E-state index contributed by atoms with van der Waals surface area (Å²) in [5.74, 6) is -0.0200. The molecule has 0 bridgehead atoms. The average molecular weight is 211 g/mol. The van der Waals surface area contributed by atoms with Gasteiger partial charge in [0.15, 0.2) is 0 Å². The highest BCUT2D eigenvalue weighted by atomic mass is 16.5. The van der Waals surface area contributed by atoms with Gasteiger partial charge in [0.25, 0.3) is 0 Å². The fourth-order valence-electron chi connectivity index (χ4n) is 1.08. The van der Waals surface area contributed by atoms with Crippen LogP contribution in [0.5, 0.6) is 0 Å². The number of ether oxygens (including phenoxy) is 1. The molecule has 0 aliphatic carbocycles. The van der Waals surface area contributed by atoms with Crippen LogP contribution in [-0.4, -0.2) is 25.5 Å². The Labute approximate surface area is 87.4 Å². The van der Waals surface area contributed by atoms with Crippen LogP contribution >= 0.6 is 0 Å². The maximum absolute atomic E-state index is 11.0. The molecule has 0 aliphatic rings. The van der Waals surface area contributed by atoms with Gasteiger partial charge in [-0.3, -0.25) is 4.79 Å². The van der Waals surface area contributed by atoms with Gasteiger partial charge in [-0.2, -0.15) is 0 Å². The molecule has 15 heavy (non-hydrogen) atoms. The van der Waals surface area contributed by atoms with Crippen molar-refractivity contribution in [3.05, 3.63) is 23.7 Å². The molecule has 5 heteroatoms. The number of methoxy groups -OCH3 is 1. The summed E-state index contributed by atoms with van der Waals surface area (Å²) >= 11 is 0. The predicted molar refractivity (Wildman–Crippen MR) is 52.2 cm³/mol. The number of rotatable bonds is 3. The molecular weight excluding hydrogens is 198 g/mol. The van der Waals surface area contributed by atoms with Gasteiger partial charge in [-0.1, -0.05) is 0 Å². The van der Waals surface area contributed by atoms with E-state index in [0.29, 0.717) is 13.0 Å². The highest BCUT2D eigenvalue weighted by Gasteiger charge is 2.12. The first kappa shape index (κ1) is 11.3. The van der Waals surface area contributed by atoms with E-state index >= 15 is 0 Å². The highest BCUT2D eigenvalue weighted by molar-refractivity contribution is 6.32. The first-order valence-electron chi connectivity index (χ1n) is 4.55. The SMILES string of the molecule is COC(=O)C(=O)NCCc1ccc(C)o1. The first-order chi connectivity index (χ1) is 7.13. The molecule has 0 saturated carbocycles. The fourth-order valence-corrected chi connectivity index (χ4v) is 1.08. The van der Waals surface area contributed by atoms with E-state index in [1.54, 1.807) is 0 Å².